The van der Waals surface area contributed by atoms with Gasteiger partial charge in [0, 0.05) is 31.7 Å². The van der Waals surface area contributed by atoms with Crippen molar-refractivity contribution in [1.29, 1.82) is 0 Å². The third-order valence-corrected chi connectivity index (χ3v) is 4.27. The summed E-state index contributed by atoms with van der Waals surface area (Å²) in [6.45, 7) is 3.85. The van der Waals surface area contributed by atoms with Crippen molar-refractivity contribution in [2.75, 3.05) is 40.5 Å². The normalized spacial score (nSPS) is 17.2. The molecule has 1 amide bonds. The number of carbonyl (C=O) groups excluding carboxylic acids is 1. The molecule has 22 heavy (non-hydrogen) atoms. The highest BCUT2D eigenvalue weighted by Crippen LogP contribution is 2.28. The largest absolute Gasteiger partial charge is 0.384 e. The summed E-state index contributed by atoms with van der Waals surface area (Å²) in [7, 11) is 3.38. The van der Waals surface area contributed by atoms with Gasteiger partial charge in [0.2, 0.25) is 0 Å². The van der Waals surface area contributed by atoms with Crippen LogP contribution >= 0.6 is 0 Å². The SMILES string of the molecule is COCc1ccc(C(=O)NCC2(COC)CCNCC2)cc1. The van der Waals surface area contributed by atoms with Crippen molar-refractivity contribution < 1.29 is 14.3 Å². The molecule has 1 aliphatic heterocycles. The third kappa shape index (κ3) is 4.53. The van der Waals surface area contributed by atoms with Gasteiger partial charge in [-0.3, -0.25) is 4.79 Å². The molecule has 0 aliphatic carbocycles. The summed E-state index contributed by atoms with van der Waals surface area (Å²) in [6, 6.07) is 7.53. The summed E-state index contributed by atoms with van der Waals surface area (Å²) in [4.78, 5) is 12.3. The number of carbonyl (C=O) groups is 1. The van der Waals surface area contributed by atoms with Crippen molar-refractivity contribution >= 4 is 5.91 Å². The lowest BCUT2D eigenvalue weighted by molar-refractivity contribution is 0.0511. The molecule has 1 aromatic carbocycles. The first-order valence-electron chi connectivity index (χ1n) is 7.75. The average molecular weight is 306 g/mol. The summed E-state index contributed by atoms with van der Waals surface area (Å²) < 4.78 is 10.4. The highest BCUT2D eigenvalue weighted by atomic mass is 16.5. The van der Waals surface area contributed by atoms with Gasteiger partial charge in [-0.05, 0) is 43.6 Å². The number of hydrogen-bond acceptors (Lipinski definition) is 4. The maximum atomic E-state index is 12.3. The minimum absolute atomic E-state index is 0.0297. The van der Waals surface area contributed by atoms with Crippen LogP contribution in [0.2, 0.25) is 0 Å². The van der Waals surface area contributed by atoms with Crippen LogP contribution in [0.1, 0.15) is 28.8 Å². The van der Waals surface area contributed by atoms with E-state index in [9.17, 15) is 4.79 Å². The molecule has 0 aromatic heterocycles. The lowest BCUT2D eigenvalue weighted by atomic mass is 9.79. The van der Waals surface area contributed by atoms with E-state index in [0.717, 1.165) is 31.5 Å². The smallest absolute Gasteiger partial charge is 0.251 e. The molecule has 1 saturated heterocycles. The number of rotatable bonds is 7. The maximum Gasteiger partial charge on any atom is 0.251 e. The number of piperidine rings is 1. The number of benzene rings is 1. The van der Waals surface area contributed by atoms with E-state index in [1.54, 1.807) is 14.2 Å². The molecule has 0 saturated carbocycles. The van der Waals surface area contributed by atoms with Gasteiger partial charge in [0.1, 0.15) is 0 Å². The Hall–Kier alpha value is -1.43. The zero-order chi connectivity index (χ0) is 15.8. The Morgan fingerprint density at radius 2 is 1.86 bits per heavy atom. The van der Waals surface area contributed by atoms with Crippen molar-refractivity contribution in [3.8, 4) is 0 Å². The van der Waals surface area contributed by atoms with Gasteiger partial charge in [-0.15, -0.1) is 0 Å². The first-order chi connectivity index (χ1) is 10.7. The molecule has 0 radical (unpaired) electrons. The second-order valence-corrected chi connectivity index (χ2v) is 6.00. The summed E-state index contributed by atoms with van der Waals surface area (Å²) in [5.74, 6) is -0.0297. The van der Waals surface area contributed by atoms with Gasteiger partial charge in [0.25, 0.3) is 5.91 Å². The summed E-state index contributed by atoms with van der Waals surface area (Å²) in [6.07, 6.45) is 2.04. The molecule has 1 aromatic rings. The molecule has 2 N–H and O–H groups in total. The molecule has 1 aliphatic rings. The fourth-order valence-electron chi connectivity index (χ4n) is 2.92. The molecule has 5 nitrogen and oxygen atoms in total. The van der Waals surface area contributed by atoms with Crippen LogP contribution in [0, 0.1) is 5.41 Å². The number of hydrogen-bond donors (Lipinski definition) is 2. The minimum Gasteiger partial charge on any atom is -0.384 e. The van der Waals surface area contributed by atoms with Crippen molar-refractivity contribution in [3.05, 3.63) is 35.4 Å². The molecular formula is C17H26N2O3. The quantitative estimate of drug-likeness (QED) is 0.803. The van der Waals surface area contributed by atoms with E-state index >= 15 is 0 Å². The lowest BCUT2D eigenvalue weighted by Crippen LogP contribution is -2.47. The van der Waals surface area contributed by atoms with Crippen LogP contribution in [-0.4, -0.2) is 46.4 Å². The molecule has 0 unspecified atom stereocenters. The second kappa shape index (κ2) is 8.27. The molecule has 0 bridgehead atoms. The van der Waals surface area contributed by atoms with Gasteiger partial charge in [0.05, 0.1) is 13.2 Å². The Morgan fingerprint density at radius 1 is 1.18 bits per heavy atom. The number of amides is 1. The molecule has 1 heterocycles. The monoisotopic (exact) mass is 306 g/mol. The van der Waals surface area contributed by atoms with Crippen LogP contribution in [0.15, 0.2) is 24.3 Å². The topological polar surface area (TPSA) is 59.6 Å². The van der Waals surface area contributed by atoms with Gasteiger partial charge in [0.15, 0.2) is 0 Å². The molecule has 1 fully saturated rings. The molecule has 122 valence electrons. The molecule has 0 atom stereocenters. The van der Waals surface area contributed by atoms with Crippen molar-refractivity contribution in [2.45, 2.75) is 19.4 Å². The van der Waals surface area contributed by atoms with Crippen molar-refractivity contribution in [3.63, 3.8) is 0 Å². The van der Waals surface area contributed by atoms with Gasteiger partial charge >= 0.3 is 0 Å². The van der Waals surface area contributed by atoms with Crippen LogP contribution in [0.25, 0.3) is 0 Å². The predicted molar refractivity (Wildman–Crippen MR) is 85.9 cm³/mol. The van der Waals surface area contributed by atoms with Crippen LogP contribution < -0.4 is 10.6 Å². The fourth-order valence-corrected chi connectivity index (χ4v) is 2.92. The zero-order valence-electron chi connectivity index (χ0n) is 13.5. The maximum absolute atomic E-state index is 12.3. The summed E-state index contributed by atoms with van der Waals surface area (Å²) in [5, 5.41) is 6.42. The highest BCUT2D eigenvalue weighted by Gasteiger charge is 2.32. The molecule has 5 heteroatoms. The Labute approximate surface area is 132 Å². The Kier molecular flexibility index (Phi) is 6.36. The average Bonchev–Trinajstić information content (AvgIpc) is 2.55. The molecular weight excluding hydrogens is 280 g/mol. The predicted octanol–water partition coefficient (Wildman–Crippen LogP) is 1.58. The van der Waals surface area contributed by atoms with E-state index < -0.39 is 0 Å². The standard InChI is InChI=1S/C17H26N2O3/c1-21-11-14-3-5-15(6-4-14)16(20)19-12-17(13-22-2)7-9-18-10-8-17/h3-6,18H,7-13H2,1-2H3,(H,19,20). The first kappa shape index (κ1) is 16.9. The van der Waals surface area contributed by atoms with E-state index in [1.165, 1.54) is 0 Å². The molecule has 0 spiro atoms. The second-order valence-electron chi connectivity index (χ2n) is 6.00. The number of methoxy groups -OCH3 is 2. The zero-order valence-corrected chi connectivity index (χ0v) is 13.5. The van der Waals surface area contributed by atoms with E-state index in [1.807, 2.05) is 24.3 Å². The van der Waals surface area contributed by atoms with E-state index in [-0.39, 0.29) is 11.3 Å². The van der Waals surface area contributed by atoms with Crippen LogP contribution in [0.3, 0.4) is 0 Å². The van der Waals surface area contributed by atoms with Gasteiger partial charge in [-0.1, -0.05) is 12.1 Å². The molecule has 2 rings (SSSR count). The van der Waals surface area contributed by atoms with Crippen LogP contribution in [-0.2, 0) is 16.1 Å². The van der Waals surface area contributed by atoms with Crippen molar-refractivity contribution in [1.82, 2.24) is 10.6 Å². The van der Waals surface area contributed by atoms with E-state index in [0.29, 0.717) is 25.3 Å². The summed E-state index contributed by atoms with van der Waals surface area (Å²) in [5.41, 5.74) is 1.79. The first-order valence-corrected chi connectivity index (χ1v) is 7.75. The third-order valence-electron chi connectivity index (χ3n) is 4.27. The Bertz CT molecular complexity index is 462. The van der Waals surface area contributed by atoms with Crippen molar-refractivity contribution in [2.24, 2.45) is 5.41 Å². The van der Waals surface area contributed by atoms with Gasteiger partial charge in [-0.2, -0.15) is 0 Å². The Balaban J connectivity index is 1.92. The number of ether oxygens (including phenoxy) is 2. The highest BCUT2D eigenvalue weighted by molar-refractivity contribution is 5.94. The Morgan fingerprint density at radius 3 is 2.45 bits per heavy atom. The fraction of sp³-hybridized carbons (Fsp3) is 0.588. The van der Waals surface area contributed by atoms with Gasteiger partial charge in [-0.25, -0.2) is 0 Å². The van der Waals surface area contributed by atoms with Gasteiger partial charge < -0.3 is 20.1 Å². The lowest BCUT2D eigenvalue weighted by Gasteiger charge is -2.37. The van der Waals surface area contributed by atoms with Crippen LogP contribution in [0.4, 0.5) is 0 Å². The van der Waals surface area contributed by atoms with E-state index in [2.05, 4.69) is 10.6 Å². The number of nitrogens with one attached hydrogen (secondary N) is 2. The minimum atomic E-state index is -0.0297. The van der Waals surface area contributed by atoms with E-state index in [4.69, 9.17) is 9.47 Å². The van der Waals surface area contributed by atoms with Crippen LogP contribution in [0.5, 0.6) is 0 Å². The summed E-state index contributed by atoms with van der Waals surface area (Å²) >= 11 is 0.